The van der Waals surface area contributed by atoms with Crippen molar-refractivity contribution in [3.8, 4) is 0 Å². The number of rotatable bonds is 7. The van der Waals surface area contributed by atoms with E-state index in [9.17, 15) is 9.59 Å². The molecule has 0 spiro atoms. The number of amides is 2. The van der Waals surface area contributed by atoms with Gasteiger partial charge in [-0.15, -0.1) is 0 Å². The lowest BCUT2D eigenvalue weighted by atomic mass is 10.0. The molecule has 0 aromatic carbocycles. The molecule has 6 nitrogen and oxygen atoms in total. The van der Waals surface area contributed by atoms with Crippen LogP contribution in [-0.4, -0.2) is 54.2 Å². The van der Waals surface area contributed by atoms with Crippen LogP contribution in [0.4, 0.5) is 4.79 Å². The molecule has 1 aliphatic rings. The van der Waals surface area contributed by atoms with Crippen molar-refractivity contribution in [3.63, 3.8) is 0 Å². The monoisotopic (exact) mass is 271 g/mol. The molecule has 3 N–H and O–H groups in total. The minimum absolute atomic E-state index is 0.00480. The summed E-state index contributed by atoms with van der Waals surface area (Å²) in [5.74, 6) is -0.547. The summed E-state index contributed by atoms with van der Waals surface area (Å²) in [4.78, 5) is 24.6. The molecular weight excluding hydrogens is 246 g/mol. The molecule has 0 aliphatic heterocycles. The van der Waals surface area contributed by atoms with Crippen molar-refractivity contribution in [2.75, 3.05) is 20.6 Å². The lowest BCUT2D eigenvalue weighted by molar-refractivity contribution is -0.137. The van der Waals surface area contributed by atoms with Crippen LogP contribution in [-0.2, 0) is 4.79 Å². The molecule has 0 heterocycles. The molecule has 1 fully saturated rings. The molecule has 1 rings (SSSR count). The van der Waals surface area contributed by atoms with E-state index in [1.54, 1.807) is 0 Å². The van der Waals surface area contributed by atoms with Gasteiger partial charge in [-0.2, -0.15) is 0 Å². The topological polar surface area (TPSA) is 81.7 Å². The van der Waals surface area contributed by atoms with Gasteiger partial charge in [-0.05, 0) is 46.7 Å². The van der Waals surface area contributed by atoms with Crippen molar-refractivity contribution >= 4 is 12.0 Å². The Morgan fingerprint density at radius 2 is 1.95 bits per heavy atom. The van der Waals surface area contributed by atoms with Gasteiger partial charge in [-0.25, -0.2) is 4.79 Å². The molecule has 1 unspecified atom stereocenters. The summed E-state index contributed by atoms with van der Waals surface area (Å²) in [7, 11) is 3.91. The van der Waals surface area contributed by atoms with Crippen LogP contribution < -0.4 is 10.6 Å². The number of hydrogen-bond donors (Lipinski definition) is 3. The first-order valence-electron chi connectivity index (χ1n) is 6.66. The second-order valence-corrected chi connectivity index (χ2v) is 6.08. The zero-order valence-electron chi connectivity index (χ0n) is 12.2. The highest BCUT2D eigenvalue weighted by molar-refractivity contribution is 5.76. The van der Waals surface area contributed by atoms with Gasteiger partial charge in [0.05, 0.1) is 6.42 Å². The molecule has 110 valence electrons. The van der Waals surface area contributed by atoms with Gasteiger partial charge in [-0.3, -0.25) is 4.79 Å². The third kappa shape index (κ3) is 5.46. The fourth-order valence-corrected chi connectivity index (χ4v) is 1.70. The van der Waals surface area contributed by atoms with Gasteiger partial charge in [0.25, 0.3) is 0 Å². The number of aliphatic carboxylic acids is 1. The smallest absolute Gasteiger partial charge is 0.315 e. The van der Waals surface area contributed by atoms with Gasteiger partial charge >= 0.3 is 12.0 Å². The summed E-state index contributed by atoms with van der Waals surface area (Å²) in [6.45, 7) is 4.57. The van der Waals surface area contributed by atoms with E-state index >= 15 is 0 Å². The molecule has 1 atom stereocenters. The van der Waals surface area contributed by atoms with E-state index < -0.39 is 5.97 Å². The summed E-state index contributed by atoms with van der Waals surface area (Å²) >= 11 is 0. The Morgan fingerprint density at radius 1 is 1.37 bits per heavy atom. The Bertz CT molecular complexity index is 338. The highest BCUT2D eigenvalue weighted by atomic mass is 16.4. The Balaban J connectivity index is 2.38. The van der Waals surface area contributed by atoms with Crippen molar-refractivity contribution in [2.45, 2.75) is 44.7 Å². The van der Waals surface area contributed by atoms with Crippen molar-refractivity contribution in [1.29, 1.82) is 0 Å². The molecule has 2 amide bonds. The number of nitrogens with one attached hydrogen (secondary N) is 2. The molecule has 1 aliphatic carbocycles. The molecule has 0 aromatic rings. The van der Waals surface area contributed by atoms with Crippen molar-refractivity contribution in [1.82, 2.24) is 15.5 Å². The lowest BCUT2D eigenvalue weighted by Crippen LogP contribution is -2.52. The zero-order valence-corrected chi connectivity index (χ0v) is 12.2. The van der Waals surface area contributed by atoms with Crippen molar-refractivity contribution < 1.29 is 14.7 Å². The quantitative estimate of drug-likeness (QED) is 0.642. The molecule has 0 radical (unpaired) electrons. The second-order valence-electron chi connectivity index (χ2n) is 6.08. The number of urea groups is 1. The van der Waals surface area contributed by atoms with E-state index in [4.69, 9.17) is 5.11 Å². The van der Waals surface area contributed by atoms with Gasteiger partial charge in [0.2, 0.25) is 0 Å². The highest BCUT2D eigenvalue weighted by Crippen LogP contribution is 2.33. The Kier molecular flexibility index (Phi) is 5.17. The Hall–Kier alpha value is -1.30. The number of carboxylic acids is 1. The molecule has 0 bridgehead atoms. The normalized spacial score (nSPS) is 17.1. The standard InChI is InChI=1S/C13H25N3O3/c1-13(2,16(3)4)8-14-12(19)15-10(7-11(17)18)9-5-6-9/h9-10H,5-8H2,1-4H3,(H,17,18)(H2,14,15,19). The minimum Gasteiger partial charge on any atom is -0.481 e. The third-order valence-corrected chi connectivity index (χ3v) is 3.79. The summed E-state index contributed by atoms with van der Waals surface area (Å²) < 4.78 is 0. The summed E-state index contributed by atoms with van der Waals surface area (Å²) in [5, 5.41) is 14.4. The van der Waals surface area contributed by atoms with E-state index in [2.05, 4.69) is 10.6 Å². The maximum absolute atomic E-state index is 11.8. The van der Waals surface area contributed by atoms with Crippen LogP contribution in [0.15, 0.2) is 0 Å². The van der Waals surface area contributed by atoms with Crippen LogP contribution in [0.25, 0.3) is 0 Å². The summed E-state index contributed by atoms with van der Waals surface area (Å²) in [6.07, 6.45) is 2.00. The van der Waals surface area contributed by atoms with E-state index in [1.807, 2.05) is 32.8 Å². The zero-order chi connectivity index (χ0) is 14.6. The van der Waals surface area contributed by atoms with Crippen LogP contribution >= 0.6 is 0 Å². The summed E-state index contributed by atoms with van der Waals surface area (Å²) in [6, 6.07) is -0.534. The number of nitrogens with zero attached hydrogens (tertiary/aromatic N) is 1. The molecule has 0 aromatic heterocycles. The first-order chi connectivity index (χ1) is 8.72. The average molecular weight is 271 g/mol. The van der Waals surface area contributed by atoms with E-state index in [-0.39, 0.29) is 24.0 Å². The number of carbonyl (C=O) groups excluding carboxylic acids is 1. The molecule has 1 saturated carbocycles. The van der Waals surface area contributed by atoms with Crippen LogP contribution in [0.3, 0.4) is 0 Å². The van der Waals surface area contributed by atoms with Crippen LogP contribution in [0.1, 0.15) is 33.1 Å². The largest absolute Gasteiger partial charge is 0.481 e. The Labute approximate surface area is 114 Å². The number of carboxylic acid groups (broad SMARTS) is 1. The van der Waals surface area contributed by atoms with Gasteiger partial charge < -0.3 is 20.6 Å². The summed E-state index contributed by atoms with van der Waals surface area (Å²) in [5.41, 5.74) is -0.140. The third-order valence-electron chi connectivity index (χ3n) is 3.79. The average Bonchev–Trinajstić information content (AvgIpc) is 3.08. The van der Waals surface area contributed by atoms with Gasteiger partial charge in [0.15, 0.2) is 0 Å². The predicted molar refractivity (Wildman–Crippen MR) is 73.1 cm³/mol. The predicted octanol–water partition coefficient (Wildman–Crippen LogP) is 0.879. The number of likely N-dealkylation sites (N-methyl/N-ethyl adjacent to an activating group) is 1. The highest BCUT2D eigenvalue weighted by Gasteiger charge is 2.34. The molecule has 19 heavy (non-hydrogen) atoms. The second kappa shape index (κ2) is 6.23. The number of carbonyl (C=O) groups is 2. The first-order valence-corrected chi connectivity index (χ1v) is 6.66. The SMILES string of the molecule is CN(C)C(C)(C)CNC(=O)NC(CC(=O)O)C1CC1. The van der Waals surface area contributed by atoms with Crippen molar-refractivity contribution in [3.05, 3.63) is 0 Å². The minimum atomic E-state index is -0.870. The molecule has 6 heteroatoms. The molecular formula is C13H25N3O3. The fourth-order valence-electron chi connectivity index (χ4n) is 1.70. The van der Waals surface area contributed by atoms with Crippen LogP contribution in [0, 0.1) is 5.92 Å². The van der Waals surface area contributed by atoms with E-state index in [0.717, 1.165) is 12.8 Å². The fraction of sp³-hybridized carbons (Fsp3) is 0.846. The van der Waals surface area contributed by atoms with Gasteiger partial charge in [-0.1, -0.05) is 0 Å². The van der Waals surface area contributed by atoms with Gasteiger partial charge in [0.1, 0.15) is 0 Å². The van der Waals surface area contributed by atoms with Crippen LogP contribution in [0.2, 0.25) is 0 Å². The first kappa shape index (κ1) is 15.8. The maximum atomic E-state index is 11.8. The molecule has 0 saturated heterocycles. The lowest BCUT2D eigenvalue weighted by Gasteiger charge is -2.32. The van der Waals surface area contributed by atoms with E-state index in [1.165, 1.54) is 0 Å². The number of hydrogen-bond acceptors (Lipinski definition) is 3. The maximum Gasteiger partial charge on any atom is 0.315 e. The Morgan fingerprint density at radius 3 is 2.37 bits per heavy atom. The van der Waals surface area contributed by atoms with E-state index in [0.29, 0.717) is 12.5 Å². The van der Waals surface area contributed by atoms with Crippen molar-refractivity contribution in [2.24, 2.45) is 5.92 Å². The van der Waals surface area contributed by atoms with Crippen LogP contribution in [0.5, 0.6) is 0 Å². The van der Waals surface area contributed by atoms with Gasteiger partial charge in [0, 0.05) is 18.1 Å².